The molecule has 1 heterocycles. The van der Waals surface area contributed by atoms with Gasteiger partial charge in [0.1, 0.15) is 11.8 Å². The average Bonchev–Trinajstić information content (AvgIpc) is 2.98. The fraction of sp³-hybridized carbons (Fsp3) is 0.310. The number of carbonyl (C=O) groups excluding carboxylic acids is 2. The van der Waals surface area contributed by atoms with Crippen LogP contribution in [0.5, 0.6) is 5.75 Å². The molecule has 0 aromatic heterocycles. The molecule has 1 N–H and O–H groups in total. The van der Waals surface area contributed by atoms with Gasteiger partial charge in [0, 0.05) is 26.2 Å². The van der Waals surface area contributed by atoms with E-state index in [1.807, 2.05) is 60.7 Å². The van der Waals surface area contributed by atoms with E-state index >= 15 is 0 Å². The van der Waals surface area contributed by atoms with Crippen molar-refractivity contribution in [2.75, 3.05) is 32.9 Å². The average molecular weight is 552 g/mol. The summed E-state index contributed by atoms with van der Waals surface area (Å²) in [5, 5.41) is 2.90. The summed E-state index contributed by atoms with van der Waals surface area (Å²) >= 11 is 0. The summed E-state index contributed by atoms with van der Waals surface area (Å²) in [6.07, 6.45) is 0. The molecular formula is C29H33N3O6S. The Balaban J connectivity index is 1.40. The molecule has 0 spiro atoms. The van der Waals surface area contributed by atoms with Crippen LogP contribution in [0.4, 0.5) is 0 Å². The van der Waals surface area contributed by atoms with Crippen molar-refractivity contribution in [2.24, 2.45) is 0 Å². The van der Waals surface area contributed by atoms with E-state index in [0.717, 1.165) is 11.1 Å². The van der Waals surface area contributed by atoms with Crippen LogP contribution in [-0.2, 0) is 37.4 Å². The number of nitrogens with one attached hydrogen (secondary N) is 1. The van der Waals surface area contributed by atoms with Crippen LogP contribution in [0.15, 0.2) is 89.8 Å². The molecule has 10 heteroatoms. The van der Waals surface area contributed by atoms with Gasteiger partial charge in [-0.3, -0.25) is 9.59 Å². The van der Waals surface area contributed by atoms with Crippen LogP contribution < -0.4 is 10.1 Å². The summed E-state index contributed by atoms with van der Waals surface area (Å²) in [5.41, 5.74) is 1.84. The van der Waals surface area contributed by atoms with Gasteiger partial charge in [-0.15, -0.1) is 0 Å². The molecule has 0 radical (unpaired) electrons. The largest absolute Gasteiger partial charge is 0.484 e. The van der Waals surface area contributed by atoms with Crippen LogP contribution in [0.3, 0.4) is 0 Å². The second-order valence-corrected chi connectivity index (χ2v) is 11.1. The van der Waals surface area contributed by atoms with E-state index in [0.29, 0.717) is 38.6 Å². The number of carbonyl (C=O) groups is 2. The van der Waals surface area contributed by atoms with Crippen LogP contribution in [0.25, 0.3) is 0 Å². The van der Waals surface area contributed by atoms with E-state index in [2.05, 4.69) is 5.32 Å². The molecule has 1 atom stereocenters. The number of ether oxygens (including phenoxy) is 2. The lowest BCUT2D eigenvalue weighted by Gasteiger charge is -2.29. The smallest absolute Gasteiger partial charge is 0.261 e. The Kier molecular flexibility index (Phi) is 9.69. The fourth-order valence-corrected chi connectivity index (χ4v) is 5.58. The summed E-state index contributed by atoms with van der Waals surface area (Å²) in [5.74, 6) is -0.294. The predicted molar refractivity (Wildman–Crippen MR) is 146 cm³/mol. The van der Waals surface area contributed by atoms with Crippen molar-refractivity contribution in [3.63, 3.8) is 0 Å². The van der Waals surface area contributed by atoms with E-state index in [4.69, 9.17) is 9.47 Å². The van der Waals surface area contributed by atoms with Crippen molar-refractivity contribution in [1.82, 2.24) is 14.5 Å². The minimum absolute atomic E-state index is 0.150. The van der Waals surface area contributed by atoms with E-state index in [1.54, 1.807) is 6.92 Å². The van der Waals surface area contributed by atoms with Crippen molar-refractivity contribution in [1.29, 1.82) is 0 Å². The van der Waals surface area contributed by atoms with Gasteiger partial charge in [0.05, 0.1) is 18.1 Å². The fourth-order valence-electron chi connectivity index (χ4n) is 4.17. The normalized spacial score (nSPS) is 14.8. The van der Waals surface area contributed by atoms with Gasteiger partial charge >= 0.3 is 0 Å². The number of hydrogen-bond donors (Lipinski definition) is 1. The Bertz CT molecular complexity index is 1330. The Morgan fingerprint density at radius 1 is 0.923 bits per heavy atom. The monoisotopic (exact) mass is 551 g/mol. The Hall–Kier alpha value is -3.73. The topological polar surface area (TPSA) is 105 Å². The molecule has 39 heavy (non-hydrogen) atoms. The maximum Gasteiger partial charge on any atom is 0.261 e. The molecule has 1 fully saturated rings. The lowest BCUT2D eigenvalue weighted by atomic mass is 10.1. The van der Waals surface area contributed by atoms with Crippen LogP contribution in [-0.4, -0.2) is 68.4 Å². The molecule has 1 aliphatic heterocycles. The second kappa shape index (κ2) is 13.4. The zero-order valence-corrected chi connectivity index (χ0v) is 22.7. The number of nitrogens with zero attached hydrogens (tertiary/aromatic N) is 2. The van der Waals surface area contributed by atoms with E-state index in [-0.39, 0.29) is 29.9 Å². The molecule has 9 nitrogen and oxygen atoms in total. The van der Waals surface area contributed by atoms with E-state index < -0.39 is 16.1 Å². The van der Waals surface area contributed by atoms with Crippen molar-refractivity contribution < 1.29 is 27.5 Å². The maximum atomic E-state index is 13.3. The van der Waals surface area contributed by atoms with Gasteiger partial charge in [-0.25, -0.2) is 8.42 Å². The second-order valence-electron chi connectivity index (χ2n) is 9.16. The molecule has 2 amide bonds. The molecule has 3 aromatic rings. The summed E-state index contributed by atoms with van der Waals surface area (Å²) in [4.78, 5) is 27.9. The highest BCUT2D eigenvalue weighted by Gasteiger charge is 2.28. The van der Waals surface area contributed by atoms with Gasteiger partial charge in [-0.1, -0.05) is 60.7 Å². The van der Waals surface area contributed by atoms with Gasteiger partial charge in [0.15, 0.2) is 6.61 Å². The van der Waals surface area contributed by atoms with E-state index in [1.165, 1.54) is 33.5 Å². The zero-order valence-electron chi connectivity index (χ0n) is 21.9. The highest BCUT2D eigenvalue weighted by Crippen LogP contribution is 2.21. The van der Waals surface area contributed by atoms with Crippen LogP contribution >= 0.6 is 0 Å². The van der Waals surface area contributed by atoms with Crippen LogP contribution in [0.2, 0.25) is 0 Å². The van der Waals surface area contributed by atoms with Gasteiger partial charge in [0.25, 0.3) is 5.91 Å². The standard InChI is InChI=1S/C29H33N3O6S/c1-23(29(34)30-20-24-8-4-2-5-9-24)32(21-25-10-6-3-7-11-25)28(33)22-38-26-12-14-27(15-13-26)39(35,36)31-16-18-37-19-17-31/h2-15,23H,16-22H2,1H3,(H,30,34). The Labute approximate surface area is 229 Å². The van der Waals surface area contributed by atoms with Crippen molar-refractivity contribution >= 4 is 21.8 Å². The lowest BCUT2D eigenvalue weighted by molar-refractivity contribution is -0.142. The SMILES string of the molecule is CC(C(=O)NCc1ccccc1)N(Cc1ccccc1)C(=O)COc1ccc(S(=O)(=O)N2CCOCC2)cc1. The number of morpholine rings is 1. The third-order valence-electron chi connectivity index (χ3n) is 6.47. The molecule has 0 bridgehead atoms. The van der Waals surface area contributed by atoms with Gasteiger partial charge in [-0.2, -0.15) is 4.31 Å². The molecule has 3 aromatic carbocycles. The first kappa shape index (κ1) is 28.3. The number of sulfonamides is 1. The third-order valence-corrected chi connectivity index (χ3v) is 8.38. The first-order valence-electron chi connectivity index (χ1n) is 12.8. The summed E-state index contributed by atoms with van der Waals surface area (Å²) in [7, 11) is -3.63. The summed E-state index contributed by atoms with van der Waals surface area (Å²) in [6.45, 7) is 3.32. The number of rotatable bonds is 11. The molecule has 1 unspecified atom stereocenters. The first-order valence-corrected chi connectivity index (χ1v) is 14.2. The molecule has 1 saturated heterocycles. The predicted octanol–water partition coefficient (Wildman–Crippen LogP) is 2.82. The lowest BCUT2D eigenvalue weighted by Crippen LogP contribution is -2.48. The first-order chi connectivity index (χ1) is 18.8. The Morgan fingerprint density at radius 3 is 2.13 bits per heavy atom. The van der Waals surface area contributed by atoms with Crippen molar-refractivity contribution in [2.45, 2.75) is 31.0 Å². The van der Waals surface area contributed by atoms with Crippen LogP contribution in [0, 0.1) is 0 Å². The van der Waals surface area contributed by atoms with Crippen molar-refractivity contribution in [3.05, 3.63) is 96.1 Å². The number of benzene rings is 3. The number of amides is 2. The van der Waals surface area contributed by atoms with E-state index in [9.17, 15) is 18.0 Å². The molecule has 0 aliphatic carbocycles. The summed E-state index contributed by atoms with van der Waals surface area (Å²) < 4.78 is 38.0. The molecule has 1 aliphatic rings. The maximum absolute atomic E-state index is 13.3. The quantitative estimate of drug-likeness (QED) is 0.393. The molecular weight excluding hydrogens is 518 g/mol. The molecule has 0 saturated carbocycles. The summed E-state index contributed by atoms with van der Waals surface area (Å²) in [6, 6.07) is 24.2. The minimum Gasteiger partial charge on any atom is -0.484 e. The number of hydrogen-bond acceptors (Lipinski definition) is 6. The van der Waals surface area contributed by atoms with Crippen molar-refractivity contribution in [3.8, 4) is 5.75 Å². The minimum atomic E-state index is -3.63. The highest BCUT2D eigenvalue weighted by atomic mass is 32.2. The Morgan fingerprint density at radius 2 is 1.51 bits per heavy atom. The van der Waals surface area contributed by atoms with Gasteiger partial charge < -0.3 is 19.7 Å². The molecule has 206 valence electrons. The molecule has 4 rings (SSSR count). The third kappa shape index (κ3) is 7.66. The van der Waals surface area contributed by atoms with Gasteiger partial charge in [-0.05, 0) is 42.3 Å². The van der Waals surface area contributed by atoms with Gasteiger partial charge in [0.2, 0.25) is 15.9 Å². The van der Waals surface area contributed by atoms with Crippen LogP contribution in [0.1, 0.15) is 18.1 Å². The zero-order chi connectivity index (χ0) is 27.7. The highest BCUT2D eigenvalue weighted by molar-refractivity contribution is 7.89.